The molecule has 2 aromatic rings. The molecule has 0 atom stereocenters. The molecule has 2 rings (SSSR count). The molecule has 0 saturated heterocycles. The minimum Gasteiger partial charge on any atom is -0.444 e. The van der Waals surface area contributed by atoms with Crippen molar-refractivity contribution in [3.63, 3.8) is 0 Å². The molecule has 1 N–H and O–H groups in total. The number of nitro benzene ring substituents is 1. The van der Waals surface area contributed by atoms with Gasteiger partial charge < -0.3 is 9.73 Å². The number of anilines is 1. The number of nitrogens with zero attached hydrogens (tertiary/aromatic N) is 1. The summed E-state index contributed by atoms with van der Waals surface area (Å²) in [7, 11) is 0. The van der Waals surface area contributed by atoms with E-state index in [1.54, 1.807) is 19.9 Å². The summed E-state index contributed by atoms with van der Waals surface area (Å²) in [6, 6.07) is 5.99. The first-order valence-electron chi connectivity index (χ1n) is 5.71. The third-order valence-corrected chi connectivity index (χ3v) is 3.19. The standard InChI is InChI=1S/C13H11BrN2O4/c1-7-5-9(16(18)19)6-8(2)12(7)15-13(17)10-3-4-11(14)20-10/h3-6H,1-2H3,(H,15,17). The number of benzene rings is 1. The molecule has 1 aromatic carbocycles. The molecular formula is C13H11BrN2O4. The normalized spacial score (nSPS) is 10.3. The lowest BCUT2D eigenvalue weighted by Gasteiger charge is -2.10. The van der Waals surface area contributed by atoms with Gasteiger partial charge in [0.1, 0.15) is 0 Å². The number of amides is 1. The number of aryl methyl sites for hydroxylation is 2. The molecule has 1 amide bonds. The molecule has 0 aliphatic heterocycles. The Morgan fingerprint density at radius 1 is 1.30 bits per heavy atom. The lowest BCUT2D eigenvalue weighted by molar-refractivity contribution is -0.384. The van der Waals surface area contributed by atoms with Crippen molar-refractivity contribution < 1.29 is 14.1 Å². The number of carbonyl (C=O) groups excluding carboxylic acids is 1. The summed E-state index contributed by atoms with van der Waals surface area (Å²) in [5, 5.41) is 13.5. The average molecular weight is 339 g/mol. The van der Waals surface area contributed by atoms with Crippen molar-refractivity contribution in [3.8, 4) is 0 Å². The van der Waals surface area contributed by atoms with Crippen LogP contribution in [0.4, 0.5) is 11.4 Å². The number of rotatable bonds is 3. The number of nitrogens with one attached hydrogen (secondary N) is 1. The highest BCUT2D eigenvalue weighted by Gasteiger charge is 2.16. The van der Waals surface area contributed by atoms with Crippen LogP contribution in [0.5, 0.6) is 0 Å². The van der Waals surface area contributed by atoms with Gasteiger partial charge >= 0.3 is 0 Å². The summed E-state index contributed by atoms with van der Waals surface area (Å²) < 4.78 is 5.61. The zero-order valence-electron chi connectivity index (χ0n) is 10.8. The monoisotopic (exact) mass is 338 g/mol. The zero-order valence-corrected chi connectivity index (χ0v) is 12.4. The number of carbonyl (C=O) groups is 1. The van der Waals surface area contributed by atoms with Crippen molar-refractivity contribution in [2.24, 2.45) is 0 Å². The van der Waals surface area contributed by atoms with Crippen molar-refractivity contribution in [1.82, 2.24) is 0 Å². The van der Waals surface area contributed by atoms with E-state index in [4.69, 9.17) is 4.42 Å². The number of hydrogen-bond donors (Lipinski definition) is 1. The first kappa shape index (κ1) is 14.3. The molecule has 1 heterocycles. The minimum atomic E-state index is -0.463. The van der Waals surface area contributed by atoms with Crippen LogP contribution in [0.25, 0.3) is 0 Å². The van der Waals surface area contributed by atoms with Gasteiger partial charge in [-0.3, -0.25) is 14.9 Å². The van der Waals surface area contributed by atoms with Gasteiger partial charge in [-0.2, -0.15) is 0 Å². The van der Waals surface area contributed by atoms with Gasteiger partial charge in [0.05, 0.1) is 4.92 Å². The lowest BCUT2D eigenvalue weighted by Crippen LogP contribution is -2.13. The van der Waals surface area contributed by atoms with E-state index in [-0.39, 0.29) is 11.4 Å². The Morgan fingerprint density at radius 2 is 1.90 bits per heavy atom. The quantitative estimate of drug-likeness (QED) is 0.680. The first-order valence-corrected chi connectivity index (χ1v) is 6.50. The van der Waals surface area contributed by atoms with E-state index in [0.29, 0.717) is 21.5 Å². The van der Waals surface area contributed by atoms with Crippen LogP contribution < -0.4 is 5.32 Å². The zero-order chi connectivity index (χ0) is 14.9. The SMILES string of the molecule is Cc1cc([N+](=O)[O-])cc(C)c1NC(=O)c1ccc(Br)o1. The molecule has 7 heteroatoms. The molecule has 20 heavy (non-hydrogen) atoms. The van der Waals surface area contributed by atoms with Crippen LogP contribution in [0.3, 0.4) is 0 Å². The molecule has 0 fully saturated rings. The van der Waals surface area contributed by atoms with Gasteiger partial charge in [0.15, 0.2) is 10.4 Å². The van der Waals surface area contributed by atoms with Crippen molar-refractivity contribution in [2.45, 2.75) is 13.8 Å². The molecule has 0 spiro atoms. The Kier molecular flexibility index (Phi) is 3.89. The molecule has 0 bridgehead atoms. The van der Waals surface area contributed by atoms with E-state index in [1.165, 1.54) is 18.2 Å². The molecule has 0 aliphatic rings. The summed E-state index contributed by atoms with van der Waals surface area (Å²) in [4.78, 5) is 22.3. The highest BCUT2D eigenvalue weighted by atomic mass is 79.9. The number of hydrogen-bond acceptors (Lipinski definition) is 4. The fourth-order valence-corrected chi connectivity index (χ4v) is 2.16. The molecule has 0 radical (unpaired) electrons. The topological polar surface area (TPSA) is 85.4 Å². The molecule has 1 aromatic heterocycles. The smallest absolute Gasteiger partial charge is 0.291 e. The van der Waals surface area contributed by atoms with Crippen LogP contribution in [0, 0.1) is 24.0 Å². The van der Waals surface area contributed by atoms with Crippen LogP contribution in [0.1, 0.15) is 21.7 Å². The van der Waals surface area contributed by atoms with Gasteiger partial charge in [-0.05, 0) is 53.0 Å². The largest absolute Gasteiger partial charge is 0.444 e. The van der Waals surface area contributed by atoms with Crippen molar-refractivity contribution in [1.29, 1.82) is 0 Å². The summed E-state index contributed by atoms with van der Waals surface area (Å²) in [6.45, 7) is 3.40. The maximum absolute atomic E-state index is 12.0. The minimum absolute atomic E-state index is 0.00116. The second-order valence-corrected chi connectivity index (χ2v) is 5.05. The number of halogens is 1. The molecule has 6 nitrogen and oxygen atoms in total. The van der Waals surface area contributed by atoms with Gasteiger partial charge in [-0.1, -0.05) is 0 Å². The summed E-state index contributed by atoms with van der Waals surface area (Å²) in [6.07, 6.45) is 0. The van der Waals surface area contributed by atoms with E-state index in [1.807, 2.05) is 0 Å². The predicted molar refractivity (Wildman–Crippen MR) is 76.9 cm³/mol. The number of nitro groups is 1. The Hall–Kier alpha value is -2.15. The lowest BCUT2D eigenvalue weighted by atomic mass is 10.1. The number of non-ortho nitro benzene ring substituents is 1. The molecular weight excluding hydrogens is 328 g/mol. The van der Waals surface area contributed by atoms with Crippen LogP contribution in [0.2, 0.25) is 0 Å². The third kappa shape index (κ3) is 2.88. The highest BCUT2D eigenvalue weighted by Crippen LogP contribution is 2.27. The van der Waals surface area contributed by atoms with Crippen molar-refractivity contribution in [3.05, 3.63) is 55.9 Å². The first-order chi connectivity index (χ1) is 9.38. The van der Waals surface area contributed by atoms with Crippen LogP contribution in [-0.4, -0.2) is 10.8 Å². The molecule has 0 saturated carbocycles. The van der Waals surface area contributed by atoms with E-state index in [9.17, 15) is 14.9 Å². The fraction of sp³-hybridized carbons (Fsp3) is 0.154. The average Bonchev–Trinajstić information content (AvgIpc) is 2.80. The number of furan rings is 1. The second-order valence-electron chi connectivity index (χ2n) is 4.27. The van der Waals surface area contributed by atoms with Gasteiger partial charge in [-0.15, -0.1) is 0 Å². The van der Waals surface area contributed by atoms with E-state index < -0.39 is 10.8 Å². The van der Waals surface area contributed by atoms with Gasteiger partial charge in [-0.25, -0.2) is 0 Å². The van der Waals surface area contributed by atoms with Crippen LogP contribution >= 0.6 is 15.9 Å². The Bertz CT molecular complexity index is 670. The Morgan fingerprint density at radius 3 is 2.35 bits per heavy atom. The van der Waals surface area contributed by atoms with E-state index in [0.717, 1.165) is 0 Å². The summed E-state index contributed by atoms with van der Waals surface area (Å²) in [5.41, 5.74) is 1.79. The second kappa shape index (κ2) is 5.46. The van der Waals surface area contributed by atoms with Gasteiger partial charge in [0.25, 0.3) is 11.6 Å². The van der Waals surface area contributed by atoms with Crippen LogP contribution in [-0.2, 0) is 0 Å². The van der Waals surface area contributed by atoms with Crippen molar-refractivity contribution in [2.75, 3.05) is 5.32 Å². The fourth-order valence-electron chi connectivity index (χ4n) is 1.85. The molecule has 0 unspecified atom stereocenters. The Balaban J connectivity index is 2.30. The highest BCUT2D eigenvalue weighted by molar-refractivity contribution is 9.10. The molecule has 0 aliphatic carbocycles. The van der Waals surface area contributed by atoms with Crippen molar-refractivity contribution >= 4 is 33.2 Å². The third-order valence-electron chi connectivity index (χ3n) is 2.76. The van der Waals surface area contributed by atoms with E-state index >= 15 is 0 Å². The maximum Gasteiger partial charge on any atom is 0.291 e. The van der Waals surface area contributed by atoms with E-state index in [2.05, 4.69) is 21.2 Å². The summed E-state index contributed by atoms with van der Waals surface area (Å²) >= 11 is 3.12. The Labute approximate surface area is 123 Å². The van der Waals surface area contributed by atoms with Crippen LogP contribution in [0.15, 0.2) is 33.4 Å². The maximum atomic E-state index is 12.0. The van der Waals surface area contributed by atoms with Gasteiger partial charge in [0.2, 0.25) is 0 Å². The predicted octanol–water partition coefficient (Wildman–Crippen LogP) is 3.82. The summed E-state index contributed by atoms with van der Waals surface area (Å²) in [5.74, 6) is -0.246. The van der Waals surface area contributed by atoms with Gasteiger partial charge in [0, 0.05) is 17.8 Å². The molecule has 104 valence electrons.